The van der Waals surface area contributed by atoms with E-state index >= 15 is 0 Å². The van der Waals surface area contributed by atoms with Gasteiger partial charge in [0, 0.05) is 22.8 Å². The highest BCUT2D eigenvalue weighted by Gasteiger charge is 2.51. The first-order chi connectivity index (χ1) is 18.9. The van der Waals surface area contributed by atoms with Crippen molar-refractivity contribution in [2.45, 2.75) is 76.6 Å². The minimum Gasteiger partial charge on any atom is -0.357 e. The van der Waals surface area contributed by atoms with Gasteiger partial charge in [0.05, 0.1) is 4.91 Å². The van der Waals surface area contributed by atoms with Gasteiger partial charge in [-0.1, -0.05) is 43.0 Å². The summed E-state index contributed by atoms with van der Waals surface area (Å²) in [6.07, 6.45) is 11.7. The topological polar surface area (TPSA) is 46.1 Å². The van der Waals surface area contributed by atoms with E-state index in [1.54, 1.807) is 17.3 Å². The molecule has 3 aromatic rings. The van der Waals surface area contributed by atoms with Crippen molar-refractivity contribution < 1.29 is 4.79 Å². The second kappa shape index (κ2) is 9.62. The number of aryl methyl sites for hydroxylation is 2. The van der Waals surface area contributed by atoms with Crippen LogP contribution in [0.2, 0.25) is 0 Å². The van der Waals surface area contributed by atoms with Crippen LogP contribution in [0.15, 0.2) is 59.5 Å². The number of carbonyl (C=O) groups is 1. The second-order valence-electron chi connectivity index (χ2n) is 12.6. The molecular weight excluding hydrogens is 498 g/mol. The van der Waals surface area contributed by atoms with Crippen LogP contribution in [0.4, 0.5) is 5.69 Å². The van der Waals surface area contributed by atoms with Crippen molar-refractivity contribution in [1.82, 2.24) is 9.88 Å². The van der Waals surface area contributed by atoms with Gasteiger partial charge in [-0.2, -0.15) is 0 Å². The quantitative estimate of drug-likeness (QED) is 0.316. The average Bonchev–Trinajstić information content (AvgIpc) is 3.40. The second-order valence-corrected chi connectivity index (χ2v) is 13.7. The molecule has 1 saturated heterocycles. The standard InChI is InChI=1S/C34H39N3OS/c1-4-23-5-9-29(10-6-23)35-33-36-32(38)31(39-33)17-27-13-21(2)37(22(27)3)30-11-7-28(8-12-30)34-18-24-14-25(19-34)16-26(15-24)20-34/h5-13,17,24-26,33,35H,4,14-16,18-20H2,1-3H3,(H,36,38)/b31-17-/t24?,25?,26?,33-,34?/m0/s1. The summed E-state index contributed by atoms with van der Waals surface area (Å²) < 4.78 is 2.33. The molecule has 4 nitrogen and oxygen atoms in total. The third-order valence-corrected chi connectivity index (χ3v) is 11.0. The molecule has 2 N–H and O–H groups in total. The van der Waals surface area contributed by atoms with Gasteiger partial charge in [-0.15, -0.1) is 0 Å². The number of thioether (sulfide) groups is 1. The number of hydrogen-bond donors (Lipinski definition) is 2. The smallest absolute Gasteiger partial charge is 0.260 e. The maximum Gasteiger partial charge on any atom is 0.260 e. The van der Waals surface area contributed by atoms with Gasteiger partial charge in [-0.25, -0.2) is 0 Å². The first kappa shape index (κ1) is 25.1. The molecule has 5 heteroatoms. The molecule has 2 heterocycles. The van der Waals surface area contributed by atoms with Crippen LogP contribution in [0.25, 0.3) is 11.8 Å². The van der Waals surface area contributed by atoms with E-state index < -0.39 is 0 Å². The Labute approximate surface area is 236 Å². The van der Waals surface area contributed by atoms with Gasteiger partial charge in [0.25, 0.3) is 5.91 Å². The number of carbonyl (C=O) groups excluding carboxylic acids is 1. The molecule has 4 aliphatic carbocycles. The third kappa shape index (κ3) is 4.53. The first-order valence-corrected chi connectivity index (χ1v) is 15.6. The molecule has 1 atom stereocenters. The lowest BCUT2D eigenvalue weighted by molar-refractivity contribution is -0.116. The summed E-state index contributed by atoms with van der Waals surface area (Å²) in [7, 11) is 0. The summed E-state index contributed by atoms with van der Waals surface area (Å²) in [6, 6.07) is 20.1. The van der Waals surface area contributed by atoms with Gasteiger partial charge < -0.3 is 15.2 Å². The molecule has 39 heavy (non-hydrogen) atoms. The molecule has 5 fully saturated rings. The molecule has 0 unspecified atom stereocenters. The van der Waals surface area contributed by atoms with Crippen LogP contribution in [0.3, 0.4) is 0 Å². The molecule has 202 valence electrons. The highest BCUT2D eigenvalue weighted by molar-refractivity contribution is 8.05. The molecule has 0 radical (unpaired) electrons. The van der Waals surface area contributed by atoms with Crippen molar-refractivity contribution in [3.63, 3.8) is 0 Å². The number of benzene rings is 2. The monoisotopic (exact) mass is 537 g/mol. The van der Waals surface area contributed by atoms with Crippen molar-refractivity contribution in [3.05, 3.63) is 87.6 Å². The molecule has 4 saturated carbocycles. The normalized spacial score (nSPS) is 30.2. The van der Waals surface area contributed by atoms with Gasteiger partial charge in [0.15, 0.2) is 5.50 Å². The van der Waals surface area contributed by atoms with Crippen LogP contribution < -0.4 is 10.6 Å². The Morgan fingerprint density at radius 2 is 1.62 bits per heavy atom. The number of hydrogen-bond acceptors (Lipinski definition) is 3. The van der Waals surface area contributed by atoms with Gasteiger partial charge >= 0.3 is 0 Å². The van der Waals surface area contributed by atoms with E-state index in [9.17, 15) is 4.79 Å². The van der Waals surface area contributed by atoms with Crippen LogP contribution in [0, 0.1) is 31.6 Å². The number of rotatable bonds is 6. The van der Waals surface area contributed by atoms with Crippen molar-refractivity contribution in [2.24, 2.45) is 17.8 Å². The number of aromatic nitrogens is 1. The summed E-state index contributed by atoms with van der Waals surface area (Å²) in [6.45, 7) is 6.48. The predicted molar refractivity (Wildman–Crippen MR) is 162 cm³/mol. The molecule has 2 aromatic carbocycles. The van der Waals surface area contributed by atoms with E-state index in [1.807, 2.05) is 6.08 Å². The summed E-state index contributed by atoms with van der Waals surface area (Å²) in [4.78, 5) is 13.6. The minimum atomic E-state index is -0.170. The minimum absolute atomic E-state index is 0.0209. The van der Waals surface area contributed by atoms with Crippen LogP contribution in [0.1, 0.15) is 73.5 Å². The number of nitrogens with one attached hydrogen (secondary N) is 2. The Kier molecular flexibility index (Phi) is 6.18. The molecule has 4 bridgehead atoms. The SMILES string of the molecule is CCc1ccc(N[C@H]2NC(=O)/C(=C/c3cc(C)n(-c4ccc(C56CC7CC(CC(C7)C5)C6)cc4)c3C)S2)cc1. The Hall–Kier alpha value is -2.92. The van der Waals surface area contributed by atoms with Crippen molar-refractivity contribution in [2.75, 3.05) is 5.32 Å². The molecule has 0 spiro atoms. The lowest BCUT2D eigenvalue weighted by atomic mass is 9.48. The Bertz CT molecular complexity index is 1400. The average molecular weight is 538 g/mol. The number of nitrogens with zero attached hydrogens (tertiary/aromatic N) is 1. The maximum atomic E-state index is 12.8. The van der Waals surface area contributed by atoms with E-state index in [0.717, 1.165) is 40.3 Å². The molecule has 1 aliphatic heterocycles. The van der Waals surface area contributed by atoms with Gasteiger partial charge in [-0.3, -0.25) is 4.79 Å². The fourth-order valence-electron chi connectivity index (χ4n) is 8.45. The van der Waals surface area contributed by atoms with Crippen LogP contribution in [0.5, 0.6) is 0 Å². The highest BCUT2D eigenvalue weighted by atomic mass is 32.2. The molecule has 5 aliphatic rings. The van der Waals surface area contributed by atoms with E-state index in [1.165, 1.54) is 61.2 Å². The van der Waals surface area contributed by atoms with Crippen LogP contribution in [-0.4, -0.2) is 16.0 Å². The van der Waals surface area contributed by atoms with Crippen molar-refractivity contribution in [3.8, 4) is 5.69 Å². The van der Waals surface area contributed by atoms with E-state index in [0.29, 0.717) is 5.41 Å². The fraction of sp³-hybridized carbons (Fsp3) is 0.441. The summed E-state index contributed by atoms with van der Waals surface area (Å²) >= 11 is 1.55. The lowest BCUT2D eigenvalue weighted by Gasteiger charge is -2.57. The van der Waals surface area contributed by atoms with E-state index in [4.69, 9.17) is 0 Å². The number of amides is 1. The van der Waals surface area contributed by atoms with Gasteiger partial charge in [0.1, 0.15) is 0 Å². The number of anilines is 1. The summed E-state index contributed by atoms with van der Waals surface area (Å²) in [5.74, 6) is 2.86. The third-order valence-electron chi connectivity index (χ3n) is 9.92. The van der Waals surface area contributed by atoms with E-state index in [2.05, 4.69) is 90.6 Å². The Balaban J connectivity index is 1.09. The van der Waals surface area contributed by atoms with Crippen LogP contribution >= 0.6 is 11.8 Å². The van der Waals surface area contributed by atoms with Gasteiger partial charge in [-0.05, 0) is 135 Å². The zero-order valence-corrected chi connectivity index (χ0v) is 24.1. The maximum absolute atomic E-state index is 12.8. The van der Waals surface area contributed by atoms with Crippen LogP contribution in [-0.2, 0) is 16.6 Å². The molecular formula is C34H39N3OS. The largest absolute Gasteiger partial charge is 0.357 e. The summed E-state index contributed by atoms with van der Waals surface area (Å²) in [5, 5.41) is 6.50. The van der Waals surface area contributed by atoms with Gasteiger partial charge in [0.2, 0.25) is 0 Å². The fourth-order valence-corrected chi connectivity index (χ4v) is 9.43. The highest BCUT2D eigenvalue weighted by Crippen LogP contribution is 2.60. The van der Waals surface area contributed by atoms with E-state index in [-0.39, 0.29) is 11.4 Å². The summed E-state index contributed by atoms with van der Waals surface area (Å²) in [5.41, 5.74) is 8.82. The molecule has 8 rings (SSSR count). The van der Waals surface area contributed by atoms with Crippen molar-refractivity contribution >= 4 is 29.4 Å². The zero-order valence-electron chi connectivity index (χ0n) is 23.3. The zero-order chi connectivity index (χ0) is 26.7. The first-order valence-electron chi connectivity index (χ1n) is 14.7. The Morgan fingerprint density at radius 3 is 2.23 bits per heavy atom. The lowest BCUT2D eigenvalue weighted by Crippen LogP contribution is -2.48. The predicted octanol–water partition coefficient (Wildman–Crippen LogP) is 7.72. The van der Waals surface area contributed by atoms with Crippen molar-refractivity contribution in [1.29, 1.82) is 0 Å². The molecule has 1 amide bonds. The molecule has 1 aromatic heterocycles. The Morgan fingerprint density at radius 1 is 0.974 bits per heavy atom.